The number of nitrogens with zero attached hydrogens (tertiary/aromatic N) is 3. The molecule has 6 nitrogen and oxygen atoms in total. The molecule has 9 heavy (non-hydrogen) atoms. The topological polar surface area (TPSA) is 88.6 Å². The lowest BCUT2D eigenvalue weighted by Gasteiger charge is -1.73. The SMILES string of the molecule is O=CC(=O)c1nn[nH]n1. The number of hydrogen-bond donors (Lipinski definition) is 1. The van der Waals surface area contributed by atoms with Crippen molar-refractivity contribution < 1.29 is 9.59 Å². The van der Waals surface area contributed by atoms with Gasteiger partial charge in [-0.1, -0.05) is 0 Å². The number of carbonyl (C=O) groups is 2. The van der Waals surface area contributed by atoms with Crippen molar-refractivity contribution in [1.82, 2.24) is 20.6 Å². The number of aromatic nitrogens is 4. The van der Waals surface area contributed by atoms with Crippen LogP contribution in [0.3, 0.4) is 0 Å². The average Bonchev–Trinajstić information content (AvgIpc) is 2.37. The summed E-state index contributed by atoms with van der Waals surface area (Å²) >= 11 is 0. The fraction of sp³-hybridized carbons (Fsp3) is 0. The normalized spacial score (nSPS) is 8.89. The Hall–Kier alpha value is -1.59. The third-order valence-electron chi connectivity index (χ3n) is 0.673. The minimum absolute atomic E-state index is 0.130. The summed E-state index contributed by atoms with van der Waals surface area (Å²) in [7, 11) is 0. The zero-order valence-corrected chi connectivity index (χ0v) is 4.24. The Labute approximate surface area is 49.3 Å². The molecule has 1 N–H and O–H groups in total. The van der Waals surface area contributed by atoms with Crippen molar-refractivity contribution in [2.24, 2.45) is 0 Å². The summed E-state index contributed by atoms with van der Waals surface area (Å²) in [4.78, 5) is 20.1. The Morgan fingerprint density at radius 2 is 2.44 bits per heavy atom. The minimum Gasteiger partial charge on any atom is -0.294 e. The molecule has 0 spiro atoms. The van der Waals surface area contributed by atoms with Gasteiger partial charge in [0.2, 0.25) is 5.82 Å². The second-order valence-electron chi connectivity index (χ2n) is 1.22. The molecule has 46 valence electrons. The average molecular weight is 126 g/mol. The molecule has 0 fully saturated rings. The van der Waals surface area contributed by atoms with Crippen molar-refractivity contribution in [1.29, 1.82) is 0 Å². The zero-order valence-electron chi connectivity index (χ0n) is 4.24. The Kier molecular flexibility index (Phi) is 1.31. The van der Waals surface area contributed by atoms with Crippen LogP contribution in [0.25, 0.3) is 0 Å². The molecule has 1 rings (SSSR count). The number of H-pyrrole nitrogens is 1. The number of tetrazole rings is 1. The molecule has 1 aromatic rings. The molecule has 0 aliphatic heterocycles. The van der Waals surface area contributed by atoms with E-state index in [0.717, 1.165) is 0 Å². The summed E-state index contributed by atoms with van der Waals surface area (Å²) in [5, 5.41) is 11.6. The molecule has 1 aromatic heterocycles. The first-order valence-electron chi connectivity index (χ1n) is 2.07. The van der Waals surface area contributed by atoms with Gasteiger partial charge >= 0.3 is 0 Å². The third kappa shape index (κ3) is 0.958. The Balaban J connectivity index is 2.89. The maximum absolute atomic E-state index is 10.3. The van der Waals surface area contributed by atoms with Crippen molar-refractivity contribution >= 4 is 12.1 Å². The molecule has 0 radical (unpaired) electrons. The van der Waals surface area contributed by atoms with Crippen molar-refractivity contribution in [2.75, 3.05) is 0 Å². The highest BCUT2D eigenvalue weighted by Crippen LogP contribution is 1.79. The Morgan fingerprint density at radius 3 is 2.89 bits per heavy atom. The summed E-state index contributed by atoms with van der Waals surface area (Å²) in [5.74, 6) is -0.978. The molecular weight excluding hydrogens is 124 g/mol. The number of ketones is 1. The summed E-state index contributed by atoms with van der Waals surface area (Å²) in [5.41, 5.74) is 0. The van der Waals surface area contributed by atoms with Gasteiger partial charge in [-0.3, -0.25) is 9.59 Å². The first-order chi connectivity index (χ1) is 4.34. The zero-order chi connectivity index (χ0) is 6.69. The Bertz CT molecular complexity index is 216. The molecule has 0 saturated heterocycles. The minimum atomic E-state index is -0.774. The lowest BCUT2D eigenvalue weighted by molar-refractivity contribution is -0.104. The molecule has 0 bridgehead atoms. The fourth-order valence-corrected chi connectivity index (χ4v) is 0.319. The first kappa shape index (κ1) is 5.54. The largest absolute Gasteiger partial charge is 0.294 e. The molecule has 0 amide bonds. The van der Waals surface area contributed by atoms with Gasteiger partial charge in [-0.15, -0.1) is 10.2 Å². The highest BCUT2D eigenvalue weighted by molar-refractivity contribution is 6.31. The number of rotatable bonds is 2. The smallest absolute Gasteiger partial charge is 0.266 e. The van der Waals surface area contributed by atoms with Gasteiger partial charge in [-0.2, -0.15) is 5.21 Å². The van der Waals surface area contributed by atoms with Gasteiger partial charge in [0.15, 0.2) is 6.29 Å². The van der Waals surface area contributed by atoms with Crippen molar-refractivity contribution in [3.8, 4) is 0 Å². The fourth-order valence-electron chi connectivity index (χ4n) is 0.319. The van der Waals surface area contributed by atoms with E-state index < -0.39 is 5.78 Å². The van der Waals surface area contributed by atoms with E-state index in [4.69, 9.17) is 0 Å². The van der Waals surface area contributed by atoms with Crippen molar-refractivity contribution in [3.63, 3.8) is 0 Å². The summed E-state index contributed by atoms with van der Waals surface area (Å²) < 4.78 is 0. The van der Waals surface area contributed by atoms with Gasteiger partial charge < -0.3 is 0 Å². The summed E-state index contributed by atoms with van der Waals surface area (Å²) in [6, 6.07) is 0. The number of carbonyl (C=O) groups excluding carboxylic acids is 2. The molecule has 1 heterocycles. The quantitative estimate of drug-likeness (QED) is 0.298. The lowest BCUT2D eigenvalue weighted by Crippen LogP contribution is -2.01. The van der Waals surface area contributed by atoms with Crippen molar-refractivity contribution in [3.05, 3.63) is 5.82 Å². The number of nitrogens with one attached hydrogen (secondary N) is 1. The summed E-state index contributed by atoms with van der Waals surface area (Å²) in [6.45, 7) is 0. The van der Waals surface area contributed by atoms with Gasteiger partial charge in [0.25, 0.3) is 5.78 Å². The van der Waals surface area contributed by atoms with Crippen LogP contribution in [0.1, 0.15) is 10.6 Å². The van der Waals surface area contributed by atoms with Gasteiger partial charge in [0, 0.05) is 0 Å². The van der Waals surface area contributed by atoms with E-state index >= 15 is 0 Å². The first-order valence-corrected chi connectivity index (χ1v) is 2.07. The van der Waals surface area contributed by atoms with Gasteiger partial charge in [0.1, 0.15) is 0 Å². The third-order valence-corrected chi connectivity index (χ3v) is 0.673. The number of hydrogen-bond acceptors (Lipinski definition) is 5. The van der Waals surface area contributed by atoms with Crippen LogP contribution in [-0.4, -0.2) is 32.7 Å². The van der Waals surface area contributed by atoms with Gasteiger partial charge in [0.05, 0.1) is 0 Å². The second-order valence-corrected chi connectivity index (χ2v) is 1.22. The highest BCUT2D eigenvalue weighted by Gasteiger charge is 2.06. The van der Waals surface area contributed by atoms with Crippen LogP contribution in [0.5, 0.6) is 0 Å². The molecule has 0 saturated carbocycles. The van der Waals surface area contributed by atoms with Crippen LogP contribution in [0.2, 0.25) is 0 Å². The maximum atomic E-state index is 10.3. The van der Waals surface area contributed by atoms with Crippen LogP contribution >= 0.6 is 0 Å². The summed E-state index contributed by atoms with van der Waals surface area (Å²) in [6.07, 6.45) is 0.130. The van der Waals surface area contributed by atoms with E-state index in [9.17, 15) is 9.59 Å². The van der Waals surface area contributed by atoms with Crippen LogP contribution in [-0.2, 0) is 4.79 Å². The van der Waals surface area contributed by atoms with E-state index in [1.165, 1.54) is 0 Å². The molecule has 0 unspecified atom stereocenters. The second kappa shape index (κ2) is 2.12. The van der Waals surface area contributed by atoms with Crippen LogP contribution in [0.15, 0.2) is 0 Å². The van der Waals surface area contributed by atoms with Crippen LogP contribution in [0.4, 0.5) is 0 Å². The molecule has 0 aliphatic rings. The van der Waals surface area contributed by atoms with Crippen molar-refractivity contribution in [2.45, 2.75) is 0 Å². The van der Waals surface area contributed by atoms with E-state index in [-0.39, 0.29) is 12.1 Å². The predicted octanol–water partition coefficient (Wildman–Crippen LogP) is -1.42. The van der Waals surface area contributed by atoms with E-state index in [0.29, 0.717) is 0 Å². The molecule has 6 heteroatoms. The van der Waals surface area contributed by atoms with Gasteiger partial charge in [-0.05, 0) is 5.21 Å². The molecular formula is C3H2N4O2. The Morgan fingerprint density at radius 1 is 1.67 bits per heavy atom. The molecule has 0 atom stereocenters. The number of aromatic amines is 1. The standard InChI is InChI=1S/C3H2N4O2/c8-1-2(9)3-4-6-7-5-3/h1H,(H,4,5,6,7). The van der Waals surface area contributed by atoms with E-state index in [1.807, 2.05) is 0 Å². The number of aldehydes is 1. The van der Waals surface area contributed by atoms with Gasteiger partial charge in [-0.25, -0.2) is 0 Å². The lowest BCUT2D eigenvalue weighted by atomic mass is 10.4. The number of Topliss-reactive ketones (excluding diaryl/α,β-unsaturated/α-hetero) is 1. The van der Waals surface area contributed by atoms with Crippen LogP contribution < -0.4 is 0 Å². The van der Waals surface area contributed by atoms with E-state index in [1.54, 1.807) is 0 Å². The predicted molar refractivity (Wildman–Crippen MR) is 24.6 cm³/mol. The maximum Gasteiger partial charge on any atom is 0.266 e. The highest BCUT2D eigenvalue weighted by atomic mass is 16.2. The van der Waals surface area contributed by atoms with Crippen LogP contribution in [0, 0.1) is 0 Å². The van der Waals surface area contributed by atoms with E-state index in [2.05, 4.69) is 20.6 Å². The monoisotopic (exact) mass is 126 g/mol. The molecule has 0 aliphatic carbocycles. The molecule has 0 aromatic carbocycles.